The number of benzene rings is 2. The molecule has 0 spiro atoms. The smallest absolute Gasteiger partial charge is 0.223 e. The minimum Gasteiger partial charge on any atom is -0.493 e. The highest BCUT2D eigenvalue weighted by Gasteiger charge is 2.32. The summed E-state index contributed by atoms with van der Waals surface area (Å²) < 4.78 is 37.8. The average molecular weight is 461 g/mol. The van der Waals surface area contributed by atoms with Crippen LogP contribution < -0.4 is 14.8 Å². The zero-order chi connectivity index (χ0) is 23.3. The molecule has 1 aliphatic rings. The van der Waals surface area contributed by atoms with E-state index in [0.717, 1.165) is 16.7 Å². The van der Waals surface area contributed by atoms with Gasteiger partial charge in [-0.05, 0) is 55.5 Å². The molecule has 1 fully saturated rings. The quantitative estimate of drug-likeness (QED) is 0.652. The number of piperidine rings is 1. The lowest BCUT2D eigenvalue weighted by molar-refractivity contribution is -0.126. The molecule has 1 N–H and O–H groups in total. The molecule has 0 bridgehead atoms. The third-order valence-corrected chi connectivity index (χ3v) is 7.91. The summed E-state index contributed by atoms with van der Waals surface area (Å²) in [5.41, 5.74) is 2.69. The molecule has 1 atom stereocenters. The number of methoxy groups -OCH3 is 2. The van der Waals surface area contributed by atoms with Crippen LogP contribution in [0.4, 0.5) is 0 Å². The van der Waals surface area contributed by atoms with Crippen molar-refractivity contribution in [2.24, 2.45) is 5.92 Å². The van der Waals surface area contributed by atoms with Gasteiger partial charge in [0.25, 0.3) is 0 Å². The zero-order valence-corrected chi connectivity index (χ0v) is 19.9. The van der Waals surface area contributed by atoms with E-state index < -0.39 is 10.0 Å². The van der Waals surface area contributed by atoms with Crippen LogP contribution in [0.5, 0.6) is 11.5 Å². The third-order valence-electron chi connectivity index (χ3n) is 6.08. The van der Waals surface area contributed by atoms with E-state index in [-0.39, 0.29) is 23.6 Å². The van der Waals surface area contributed by atoms with Crippen molar-refractivity contribution in [2.45, 2.75) is 38.5 Å². The molecule has 1 amide bonds. The van der Waals surface area contributed by atoms with Crippen LogP contribution >= 0.6 is 0 Å². The number of nitrogens with zero attached hydrogens (tertiary/aromatic N) is 1. The topological polar surface area (TPSA) is 84.9 Å². The maximum absolute atomic E-state index is 12.9. The molecule has 174 valence electrons. The number of carbonyl (C=O) groups is 1. The van der Waals surface area contributed by atoms with E-state index in [1.165, 1.54) is 4.31 Å². The SMILES string of the molecule is COc1ccc([C@@H](C)NC(=O)C2CCN(S(=O)(=O)Cc3ccccc3C)CC2)cc1OC. The molecule has 0 aliphatic carbocycles. The Morgan fingerprint density at radius 1 is 1.09 bits per heavy atom. The van der Waals surface area contributed by atoms with Crippen LogP contribution in [-0.4, -0.2) is 45.9 Å². The second-order valence-electron chi connectivity index (χ2n) is 8.20. The highest BCUT2D eigenvalue weighted by atomic mass is 32.2. The minimum absolute atomic E-state index is 0.00707. The Labute approximate surface area is 190 Å². The summed E-state index contributed by atoms with van der Waals surface area (Å²) in [5.74, 6) is 0.977. The second-order valence-corrected chi connectivity index (χ2v) is 10.2. The summed E-state index contributed by atoms with van der Waals surface area (Å²) in [6.45, 7) is 4.55. The number of aryl methyl sites for hydroxylation is 1. The third kappa shape index (κ3) is 5.61. The zero-order valence-electron chi connectivity index (χ0n) is 19.1. The Morgan fingerprint density at radius 2 is 1.75 bits per heavy atom. The van der Waals surface area contributed by atoms with E-state index in [1.54, 1.807) is 14.2 Å². The van der Waals surface area contributed by atoms with E-state index in [2.05, 4.69) is 5.32 Å². The van der Waals surface area contributed by atoms with Crippen LogP contribution in [-0.2, 0) is 20.6 Å². The Hall–Kier alpha value is -2.58. The fourth-order valence-corrected chi connectivity index (χ4v) is 5.66. The highest BCUT2D eigenvalue weighted by molar-refractivity contribution is 7.88. The number of nitrogens with one attached hydrogen (secondary N) is 1. The number of sulfonamides is 1. The van der Waals surface area contributed by atoms with E-state index in [1.807, 2.05) is 56.3 Å². The predicted octanol–water partition coefficient (Wildman–Crippen LogP) is 3.43. The Bertz CT molecular complexity index is 1050. The molecule has 2 aromatic rings. The van der Waals surface area contributed by atoms with E-state index >= 15 is 0 Å². The molecule has 0 saturated carbocycles. The van der Waals surface area contributed by atoms with E-state index in [9.17, 15) is 13.2 Å². The van der Waals surface area contributed by atoms with Crippen LogP contribution in [0.1, 0.15) is 42.5 Å². The van der Waals surface area contributed by atoms with E-state index in [0.29, 0.717) is 37.4 Å². The second kappa shape index (κ2) is 10.4. The molecule has 0 unspecified atom stereocenters. The van der Waals surface area contributed by atoms with Crippen molar-refractivity contribution in [1.82, 2.24) is 9.62 Å². The average Bonchev–Trinajstić information content (AvgIpc) is 2.80. The first-order valence-electron chi connectivity index (χ1n) is 10.8. The predicted molar refractivity (Wildman–Crippen MR) is 124 cm³/mol. The first-order valence-corrected chi connectivity index (χ1v) is 12.4. The molecule has 1 aliphatic heterocycles. The van der Waals surface area contributed by atoms with E-state index in [4.69, 9.17) is 9.47 Å². The van der Waals surface area contributed by atoms with Gasteiger partial charge in [-0.25, -0.2) is 12.7 Å². The van der Waals surface area contributed by atoms with Gasteiger partial charge in [0.15, 0.2) is 11.5 Å². The Morgan fingerprint density at radius 3 is 2.38 bits per heavy atom. The summed E-state index contributed by atoms with van der Waals surface area (Å²) in [4.78, 5) is 12.8. The van der Waals surface area contributed by atoms with Gasteiger partial charge in [0.1, 0.15) is 0 Å². The fourth-order valence-electron chi connectivity index (χ4n) is 3.99. The lowest BCUT2D eigenvalue weighted by Crippen LogP contribution is -2.43. The van der Waals surface area contributed by atoms with Gasteiger partial charge in [0, 0.05) is 19.0 Å². The van der Waals surface area contributed by atoms with Crippen LogP contribution in [0.2, 0.25) is 0 Å². The van der Waals surface area contributed by atoms with Gasteiger partial charge in [-0.15, -0.1) is 0 Å². The summed E-state index contributed by atoms with van der Waals surface area (Å²) in [6.07, 6.45) is 1.02. The van der Waals surface area contributed by atoms with Crippen LogP contribution in [0.3, 0.4) is 0 Å². The number of rotatable bonds is 8. The highest BCUT2D eigenvalue weighted by Crippen LogP contribution is 2.30. The van der Waals surface area contributed by atoms with Gasteiger partial charge in [0.05, 0.1) is 26.0 Å². The van der Waals surface area contributed by atoms with Gasteiger partial charge in [-0.2, -0.15) is 0 Å². The fraction of sp³-hybridized carbons (Fsp3) is 0.458. The molecule has 32 heavy (non-hydrogen) atoms. The maximum Gasteiger partial charge on any atom is 0.223 e. The lowest BCUT2D eigenvalue weighted by atomic mass is 9.96. The van der Waals surface area contributed by atoms with Crippen molar-refractivity contribution < 1.29 is 22.7 Å². The van der Waals surface area contributed by atoms with Gasteiger partial charge in [-0.1, -0.05) is 30.3 Å². The molecule has 2 aromatic carbocycles. The van der Waals surface area contributed by atoms with Crippen molar-refractivity contribution in [3.05, 3.63) is 59.2 Å². The van der Waals surface area contributed by atoms with Crippen molar-refractivity contribution in [2.75, 3.05) is 27.3 Å². The van der Waals surface area contributed by atoms with Crippen molar-refractivity contribution in [1.29, 1.82) is 0 Å². The largest absolute Gasteiger partial charge is 0.493 e. The molecule has 1 saturated heterocycles. The maximum atomic E-state index is 12.9. The number of amides is 1. The molecule has 0 radical (unpaired) electrons. The molecule has 8 heteroatoms. The van der Waals surface area contributed by atoms with Crippen molar-refractivity contribution >= 4 is 15.9 Å². The number of hydrogen-bond acceptors (Lipinski definition) is 5. The minimum atomic E-state index is -3.41. The molecule has 1 heterocycles. The summed E-state index contributed by atoms with van der Waals surface area (Å²) in [5, 5.41) is 3.05. The molecular weight excluding hydrogens is 428 g/mol. The Kier molecular flexibility index (Phi) is 7.79. The van der Waals surface area contributed by atoms with Crippen molar-refractivity contribution in [3.8, 4) is 11.5 Å². The summed E-state index contributed by atoms with van der Waals surface area (Å²) in [6, 6.07) is 12.9. The molecule has 7 nitrogen and oxygen atoms in total. The summed E-state index contributed by atoms with van der Waals surface area (Å²) >= 11 is 0. The molecule has 0 aromatic heterocycles. The van der Waals surface area contributed by atoms with Crippen LogP contribution in [0.15, 0.2) is 42.5 Å². The lowest BCUT2D eigenvalue weighted by Gasteiger charge is -2.31. The summed E-state index contributed by atoms with van der Waals surface area (Å²) in [7, 11) is -0.258. The number of carbonyl (C=O) groups excluding carboxylic acids is 1. The van der Waals surface area contributed by atoms with Gasteiger partial charge >= 0.3 is 0 Å². The monoisotopic (exact) mass is 460 g/mol. The number of hydrogen-bond donors (Lipinski definition) is 1. The first-order chi connectivity index (χ1) is 15.2. The molecule has 3 rings (SSSR count). The van der Waals surface area contributed by atoms with Gasteiger partial charge < -0.3 is 14.8 Å². The van der Waals surface area contributed by atoms with Crippen molar-refractivity contribution in [3.63, 3.8) is 0 Å². The number of ether oxygens (including phenoxy) is 2. The first kappa shape index (κ1) is 24.1. The van der Waals surface area contributed by atoms with Crippen LogP contribution in [0.25, 0.3) is 0 Å². The van der Waals surface area contributed by atoms with Gasteiger partial charge in [-0.3, -0.25) is 4.79 Å². The standard InChI is InChI=1S/C24H32N2O5S/c1-17-7-5-6-8-21(17)16-32(28,29)26-13-11-19(12-14-26)24(27)25-18(2)20-9-10-22(30-3)23(15-20)31-4/h5-10,15,18-19H,11-14,16H2,1-4H3,(H,25,27)/t18-/m1/s1. The van der Waals surface area contributed by atoms with Gasteiger partial charge in [0.2, 0.25) is 15.9 Å². The van der Waals surface area contributed by atoms with Crippen LogP contribution in [0, 0.1) is 12.8 Å². The normalized spacial score (nSPS) is 16.4. The molecular formula is C24H32N2O5S. The Balaban J connectivity index is 1.56.